The van der Waals surface area contributed by atoms with Gasteiger partial charge in [-0.3, -0.25) is 0 Å². The Hall–Kier alpha value is -2.33. The lowest BCUT2D eigenvalue weighted by molar-refractivity contribution is -0.0896. The van der Waals surface area contributed by atoms with Gasteiger partial charge >= 0.3 is 6.09 Å². The molecule has 2 aliphatic heterocycles. The molecule has 1 amide bonds. The number of fused-ring (bicyclic) bond motifs is 2. The molecule has 2 heterocycles. The van der Waals surface area contributed by atoms with Gasteiger partial charge in [0.2, 0.25) is 0 Å². The monoisotopic (exact) mass is 407 g/mol. The summed E-state index contributed by atoms with van der Waals surface area (Å²) in [6.45, 7) is 6.86. The summed E-state index contributed by atoms with van der Waals surface area (Å²) in [4.78, 5) is 14.9. The molecule has 2 aromatic rings. The highest BCUT2D eigenvalue weighted by Gasteiger charge is 2.48. The smallest absolute Gasteiger partial charge is 0.410 e. The van der Waals surface area contributed by atoms with Crippen LogP contribution in [0.3, 0.4) is 0 Å². The molecule has 4 nitrogen and oxygen atoms in total. The van der Waals surface area contributed by atoms with E-state index in [0.29, 0.717) is 12.8 Å². The number of ether oxygens (including phenoxy) is 1. The molecule has 30 heavy (non-hydrogen) atoms. The quantitative estimate of drug-likeness (QED) is 0.728. The van der Waals surface area contributed by atoms with Crippen molar-refractivity contribution in [1.29, 1.82) is 0 Å². The van der Waals surface area contributed by atoms with Gasteiger partial charge in [-0.25, -0.2) is 4.79 Å². The van der Waals surface area contributed by atoms with Crippen molar-refractivity contribution in [3.8, 4) is 0 Å². The minimum Gasteiger partial charge on any atom is -0.445 e. The Labute approximate surface area is 179 Å². The first-order valence-electron chi connectivity index (χ1n) is 11.1. The van der Waals surface area contributed by atoms with Crippen LogP contribution in [0.25, 0.3) is 0 Å². The lowest BCUT2D eigenvalue weighted by atomic mass is 9.72. The lowest BCUT2D eigenvalue weighted by Gasteiger charge is -2.51. The molecule has 2 fully saturated rings. The van der Waals surface area contributed by atoms with Crippen LogP contribution in [0, 0.1) is 0 Å². The molecule has 0 spiro atoms. The van der Waals surface area contributed by atoms with E-state index >= 15 is 0 Å². The van der Waals surface area contributed by atoms with E-state index in [1.165, 1.54) is 5.56 Å². The van der Waals surface area contributed by atoms with Gasteiger partial charge in [-0.2, -0.15) is 0 Å². The first-order valence-corrected chi connectivity index (χ1v) is 11.1. The van der Waals surface area contributed by atoms with Crippen LogP contribution in [0.5, 0.6) is 0 Å². The Morgan fingerprint density at radius 2 is 1.73 bits per heavy atom. The molecule has 0 radical (unpaired) electrons. The zero-order chi connectivity index (χ0) is 21.4. The fourth-order valence-corrected chi connectivity index (χ4v) is 5.03. The Balaban J connectivity index is 1.51. The van der Waals surface area contributed by atoms with Gasteiger partial charge in [0.15, 0.2) is 0 Å². The third kappa shape index (κ3) is 4.24. The number of amides is 1. The van der Waals surface area contributed by atoms with E-state index < -0.39 is 5.60 Å². The maximum Gasteiger partial charge on any atom is 0.410 e. The molecule has 2 bridgehead atoms. The third-order valence-electron chi connectivity index (χ3n) is 6.69. The summed E-state index contributed by atoms with van der Waals surface area (Å²) in [6.07, 6.45) is 3.81. The van der Waals surface area contributed by atoms with Crippen LogP contribution in [0.1, 0.15) is 69.6 Å². The van der Waals surface area contributed by atoms with Crippen molar-refractivity contribution >= 4 is 6.09 Å². The van der Waals surface area contributed by atoms with E-state index in [9.17, 15) is 9.90 Å². The molecule has 2 aromatic carbocycles. The van der Waals surface area contributed by atoms with Gasteiger partial charge in [0.25, 0.3) is 0 Å². The molecule has 0 aromatic heterocycles. The Kier molecular flexibility index (Phi) is 5.63. The standard InChI is InChI=1S/C26H33NO3/c1-25(2,3)20-11-7-12-21(15-20)26(29)16-22-13-8-14-23(17-26)27(22)24(28)30-18-19-9-5-4-6-10-19/h4-7,9-12,15,22-23,29H,8,13-14,16-18H2,1-3H3. The summed E-state index contributed by atoms with van der Waals surface area (Å²) >= 11 is 0. The van der Waals surface area contributed by atoms with Crippen molar-refractivity contribution in [1.82, 2.24) is 4.90 Å². The largest absolute Gasteiger partial charge is 0.445 e. The molecular formula is C26H33NO3. The molecule has 160 valence electrons. The van der Waals surface area contributed by atoms with Gasteiger partial charge in [0.1, 0.15) is 6.61 Å². The summed E-state index contributed by atoms with van der Waals surface area (Å²) in [5.74, 6) is 0. The van der Waals surface area contributed by atoms with Crippen molar-refractivity contribution in [2.24, 2.45) is 0 Å². The maximum atomic E-state index is 12.9. The third-order valence-corrected chi connectivity index (χ3v) is 6.69. The van der Waals surface area contributed by atoms with Gasteiger partial charge < -0.3 is 14.7 Å². The van der Waals surface area contributed by atoms with Crippen molar-refractivity contribution in [3.05, 3.63) is 71.3 Å². The summed E-state index contributed by atoms with van der Waals surface area (Å²) in [5, 5.41) is 11.7. The highest BCUT2D eigenvalue weighted by molar-refractivity contribution is 5.69. The first-order chi connectivity index (χ1) is 14.3. The van der Waals surface area contributed by atoms with Gasteiger partial charge in [-0.1, -0.05) is 75.4 Å². The topological polar surface area (TPSA) is 49.8 Å². The molecule has 2 saturated heterocycles. The first kappa shape index (κ1) is 20.9. The average molecular weight is 408 g/mol. The highest BCUT2D eigenvalue weighted by Crippen LogP contribution is 2.45. The van der Waals surface area contributed by atoms with Crippen LogP contribution >= 0.6 is 0 Å². The van der Waals surface area contributed by atoms with Crippen LogP contribution < -0.4 is 0 Å². The van der Waals surface area contributed by atoms with Crippen molar-refractivity contribution in [2.45, 2.75) is 82.6 Å². The predicted octanol–water partition coefficient (Wildman–Crippen LogP) is 5.53. The fourth-order valence-electron chi connectivity index (χ4n) is 5.03. The molecule has 4 rings (SSSR count). The SMILES string of the molecule is CC(C)(C)c1cccc(C2(O)CC3CCCC(C2)N3C(=O)OCc2ccccc2)c1. The Bertz CT molecular complexity index is 873. The summed E-state index contributed by atoms with van der Waals surface area (Å²) in [7, 11) is 0. The zero-order valence-corrected chi connectivity index (χ0v) is 18.3. The van der Waals surface area contributed by atoms with E-state index in [1.807, 2.05) is 47.4 Å². The van der Waals surface area contributed by atoms with Crippen LogP contribution in [0.15, 0.2) is 54.6 Å². The average Bonchev–Trinajstić information content (AvgIpc) is 2.72. The minimum atomic E-state index is -0.896. The van der Waals surface area contributed by atoms with E-state index in [4.69, 9.17) is 4.74 Å². The van der Waals surface area contributed by atoms with Crippen LogP contribution in [-0.4, -0.2) is 28.2 Å². The molecule has 2 unspecified atom stereocenters. The van der Waals surface area contributed by atoms with E-state index in [0.717, 1.165) is 30.4 Å². The van der Waals surface area contributed by atoms with Gasteiger partial charge in [-0.15, -0.1) is 0 Å². The molecular weight excluding hydrogens is 374 g/mol. The number of hydrogen-bond donors (Lipinski definition) is 1. The second-order valence-electron chi connectivity index (χ2n) is 9.96. The molecule has 4 heteroatoms. The molecule has 2 aliphatic rings. The maximum absolute atomic E-state index is 12.9. The number of carbonyl (C=O) groups excluding carboxylic acids is 1. The Morgan fingerprint density at radius 3 is 2.37 bits per heavy atom. The lowest BCUT2D eigenvalue weighted by Crippen LogP contribution is -2.58. The van der Waals surface area contributed by atoms with E-state index in [2.05, 4.69) is 32.9 Å². The normalized spacial score (nSPS) is 26.3. The number of rotatable bonds is 3. The number of hydrogen-bond acceptors (Lipinski definition) is 3. The highest BCUT2D eigenvalue weighted by atomic mass is 16.6. The molecule has 1 N–H and O–H groups in total. The summed E-state index contributed by atoms with van der Waals surface area (Å²) in [5.41, 5.74) is 2.33. The van der Waals surface area contributed by atoms with Gasteiger partial charge in [0.05, 0.1) is 5.60 Å². The summed E-state index contributed by atoms with van der Waals surface area (Å²) < 4.78 is 5.65. The predicted molar refractivity (Wildman–Crippen MR) is 118 cm³/mol. The molecule has 0 saturated carbocycles. The van der Waals surface area contributed by atoms with Crippen LogP contribution in [-0.2, 0) is 22.4 Å². The molecule has 0 aliphatic carbocycles. The van der Waals surface area contributed by atoms with Gasteiger partial charge in [-0.05, 0) is 41.4 Å². The number of aliphatic hydroxyl groups is 1. The minimum absolute atomic E-state index is 0.0177. The zero-order valence-electron chi connectivity index (χ0n) is 18.3. The number of benzene rings is 2. The summed E-state index contributed by atoms with van der Waals surface area (Å²) in [6, 6.07) is 18.2. The number of carbonyl (C=O) groups is 1. The number of piperidine rings is 2. The van der Waals surface area contributed by atoms with E-state index in [1.54, 1.807) is 0 Å². The second kappa shape index (κ2) is 8.07. The Morgan fingerprint density at radius 1 is 1.07 bits per heavy atom. The second-order valence-corrected chi connectivity index (χ2v) is 9.96. The van der Waals surface area contributed by atoms with Crippen molar-refractivity contribution in [2.75, 3.05) is 0 Å². The van der Waals surface area contributed by atoms with Crippen molar-refractivity contribution in [3.63, 3.8) is 0 Å². The van der Waals surface area contributed by atoms with E-state index in [-0.39, 0.29) is 30.2 Å². The van der Waals surface area contributed by atoms with Crippen LogP contribution in [0.2, 0.25) is 0 Å². The number of nitrogens with zero attached hydrogens (tertiary/aromatic N) is 1. The van der Waals surface area contributed by atoms with Crippen LogP contribution in [0.4, 0.5) is 4.79 Å². The molecule has 2 atom stereocenters. The van der Waals surface area contributed by atoms with Crippen molar-refractivity contribution < 1.29 is 14.6 Å². The van der Waals surface area contributed by atoms with Gasteiger partial charge in [0, 0.05) is 24.9 Å². The fraction of sp³-hybridized carbons (Fsp3) is 0.500.